The Morgan fingerprint density at radius 1 is 1.00 bits per heavy atom. The molecule has 0 aliphatic carbocycles. The van der Waals surface area contributed by atoms with Crippen LogP contribution in [0, 0.1) is 0 Å². The summed E-state index contributed by atoms with van der Waals surface area (Å²) >= 11 is 7.56. The standard InChI is InChI=1S/C21H33ClO5SSi/c1-7-24-29(25-8-2,26-9-3)16-19(14-15-20(23)27-21(4,5)6)28-18-12-10-17(22)11-13-18/h10-13,16H,7-9,14-15H2,1-6H3/b19-16-. The summed E-state index contributed by atoms with van der Waals surface area (Å²) in [5, 5.41) is 0.676. The Hall–Kier alpha value is -0.833. The third-order valence-electron chi connectivity index (χ3n) is 3.43. The predicted octanol–water partition coefficient (Wildman–Crippen LogP) is 6.03. The van der Waals surface area contributed by atoms with E-state index in [2.05, 4.69) is 0 Å². The summed E-state index contributed by atoms with van der Waals surface area (Å²) in [7, 11) is -3.00. The zero-order valence-corrected chi connectivity index (χ0v) is 20.8. The van der Waals surface area contributed by atoms with Gasteiger partial charge in [0.15, 0.2) is 0 Å². The van der Waals surface area contributed by atoms with Crippen LogP contribution in [0.15, 0.2) is 39.8 Å². The van der Waals surface area contributed by atoms with Gasteiger partial charge in [0.25, 0.3) is 0 Å². The Balaban J connectivity index is 3.12. The smallest absolute Gasteiger partial charge is 0.460 e. The summed E-state index contributed by atoms with van der Waals surface area (Å²) in [4.78, 5) is 14.2. The van der Waals surface area contributed by atoms with Gasteiger partial charge >= 0.3 is 14.8 Å². The first-order valence-corrected chi connectivity index (χ1v) is 12.9. The number of halogens is 1. The van der Waals surface area contributed by atoms with E-state index in [1.807, 2.05) is 71.5 Å². The molecule has 0 saturated carbocycles. The van der Waals surface area contributed by atoms with Crippen molar-refractivity contribution in [2.45, 2.75) is 64.9 Å². The van der Waals surface area contributed by atoms with Crippen molar-refractivity contribution < 1.29 is 22.8 Å². The number of carbonyl (C=O) groups excluding carboxylic acids is 1. The Morgan fingerprint density at radius 2 is 1.52 bits per heavy atom. The summed E-state index contributed by atoms with van der Waals surface area (Å²) < 4.78 is 23.3. The molecule has 0 aliphatic heterocycles. The van der Waals surface area contributed by atoms with Crippen molar-refractivity contribution in [1.29, 1.82) is 0 Å². The molecular formula is C21H33ClO5SSi. The summed E-state index contributed by atoms with van der Waals surface area (Å²) in [6.45, 7) is 12.8. The lowest BCUT2D eigenvalue weighted by Crippen LogP contribution is -2.44. The van der Waals surface area contributed by atoms with E-state index in [1.165, 1.54) is 0 Å². The van der Waals surface area contributed by atoms with Crippen LogP contribution in [0.25, 0.3) is 0 Å². The van der Waals surface area contributed by atoms with Gasteiger partial charge in [-0.3, -0.25) is 4.79 Å². The summed E-state index contributed by atoms with van der Waals surface area (Å²) in [5.41, 5.74) is 1.44. The third kappa shape index (κ3) is 10.7. The largest absolute Gasteiger partial charge is 0.530 e. The fourth-order valence-corrected chi connectivity index (χ4v) is 6.29. The molecule has 1 aromatic carbocycles. The number of hydrogen-bond acceptors (Lipinski definition) is 6. The molecule has 0 atom stereocenters. The first kappa shape index (κ1) is 26.2. The highest BCUT2D eigenvalue weighted by molar-refractivity contribution is 8.03. The Labute approximate surface area is 185 Å². The molecule has 8 heteroatoms. The van der Waals surface area contributed by atoms with Gasteiger partial charge in [-0.1, -0.05) is 23.4 Å². The minimum atomic E-state index is -3.00. The molecule has 29 heavy (non-hydrogen) atoms. The van der Waals surface area contributed by atoms with Crippen molar-refractivity contribution in [1.82, 2.24) is 0 Å². The van der Waals surface area contributed by atoms with Crippen LogP contribution in [0.1, 0.15) is 54.4 Å². The van der Waals surface area contributed by atoms with Gasteiger partial charge in [-0.05, 0) is 82.8 Å². The molecule has 0 N–H and O–H groups in total. The fraction of sp³-hybridized carbons (Fsp3) is 0.571. The molecule has 164 valence electrons. The third-order valence-corrected chi connectivity index (χ3v) is 7.76. The van der Waals surface area contributed by atoms with Crippen molar-refractivity contribution in [3.63, 3.8) is 0 Å². The second-order valence-electron chi connectivity index (χ2n) is 7.16. The molecule has 0 aliphatic rings. The summed E-state index contributed by atoms with van der Waals surface area (Å²) in [6, 6.07) is 7.57. The number of thioether (sulfide) groups is 1. The second-order valence-corrected chi connectivity index (χ2v) is 11.2. The van der Waals surface area contributed by atoms with Gasteiger partial charge in [0.1, 0.15) is 5.60 Å². The van der Waals surface area contributed by atoms with Crippen molar-refractivity contribution in [3.8, 4) is 0 Å². The lowest BCUT2D eigenvalue weighted by Gasteiger charge is -2.26. The lowest BCUT2D eigenvalue weighted by molar-refractivity contribution is -0.154. The summed E-state index contributed by atoms with van der Waals surface area (Å²) in [5.74, 6) is -0.239. The minimum absolute atomic E-state index is 0.239. The van der Waals surface area contributed by atoms with Crippen molar-refractivity contribution >= 4 is 38.1 Å². The molecule has 1 rings (SSSR count). The van der Waals surface area contributed by atoms with E-state index in [1.54, 1.807) is 11.8 Å². The SMILES string of the molecule is CCO[Si](/C=C(/CCC(=O)OC(C)(C)C)Sc1ccc(Cl)cc1)(OCC)OCC. The van der Waals surface area contributed by atoms with Gasteiger partial charge in [-0.2, -0.15) is 0 Å². The Bertz CT molecular complexity index is 641. The molecule has 0 bridgehead atoms. The van der Waals surface area contributed by atoms with Crippen LogP contribution in [0.3, 0.4) is 0 Å². The van der Waals surface area contributed by atoms with E-state index < -0.39 is 14.4 Å². The number of ether oxygens (including phenoxy) is 1. The highest BCUT2D eigenvalue weighted by atomic mass is 35.5. The molecule has 0 amide bonds. The number of hydrogen-bond donors (Lipinski definition) is 0. The molecule has 0 heterocycles. The van der Waals surface area contributed by atoms with Crippen LogP contribution in [-0.4, -0.2) is 40.2 Å². The second kappa shape index (κ2) is 12.8. The van der Waals surface area contributed by atoms with E-state index in [0.717, 1.165) is 9.80 Å². The van der Waals surface area contributed by atoms with Crippen molar-refractivity contribution in [3.05, 3.63) is 39.9 Å². The van der Waals surface area contributed by atoms with Gasteiger partial charge in [-0.25, -0.2) is 0 Å². The van der Waals surface area contributed by atoms with Gasteiger partial charge in [0, 0.05) is 29.7 Å². The molecule has 0 saturated heterocycles. The maximum Gasteiger partial charge on any atom is 0.530 e. The van der Waals surface area contributed by atoms with E-state index in [0.29, 0.717) is 31.3 Å². The van der Waals surface area contributed by atoms with E-state index in [4.69, 9.17) is 29.6 Å². The zero-order valence-electron chi connectivity index (χ0n) is 18.2. The molecule has 0 aromatic heterocycles. The Kier molecular flexibility index (Phi) is 11.5. The fourth-order valence-electron chi connectivity index (χ4n) is 2.48. The maximum atomic E-state index is 12.2. The van der Waals surface area contributed by atoms with Crippen LogP contribution < -0.4 is 0 Å². The number of esters is 1. The monoisotopic (exact) mass is 460 g/mol. The topological polar surface area (TPSA) is 54.0 Å². The lowest BCUT2D eigenvalue weighted by atomic mass is 10.2. The molecule has 0 fully saturated rings. The normalized spacial score (nSPS) is 12.9. The molecule has 1 aromatic rings. The molecular weight excluding hydrogens is 428 g/mol. The van der Waals surface area contributed by atoms with E-state index in [-0.39, 0.29) is 12.4 Å². The molecule has 0 radical (unpaired) electrons. The van der Waals surface area contributed by atoms with E-state index >= 15 is 0 Å². The minimum Gasteiger partial charge on any atom is -0.460 e. The predicted molar refractivity (Wildman–Crippen MR) is 121 cm³/mol. The first-order chi connectivity index (χ1) is 13.6. The van der Waals surface area contributed by atoms with Gasteiger partial charge in [0.05, 0.1) is 6.42 Å². The van der Waals surface area contributed by atoms with Crippen LogP contribution in [0.2, 0.25) is 5.02 Å². The molecule has 0 spiro atoms. The molecule has 5 nitrogen and oxygen atoms in total. The van der Waals surface area contributed by atoms with Crippen LogP contribution in [0.4, 0.5) is 0 Å². The summed E-state index contributed by atoms with van der Waals surface area (Å²) in [6.07, 6.45) is 0.767. The van der Waals surface area contributed by atoms with Crippen molar-refractivity contribution in [2.24, 2.45) is 0 Å². The maximum absolute atomic E-state index is 12.2. The zero-order chi connectivity index (χ0) is 21.9. The Morgan fingerprint density at radius 3 is 1.97 bits per heavy atom. The highest BCUT2D eigenvalue weighted by Crippen LogP contribution is 2.33. The van der Waals surface area contributed by atoms with Crippen LogP contribution >= 0.6 is 23.4 Å². The van der Waals surface area contributed by atoms with Crippen LogP contribution in [-0.2, 0) is 22.8 Å². The number of benzene rings is 1. The van der Waals surface area contributed by atoms with Gasteiger partial charge < -0.3 is 18.0 Å². The number of allylic oxidation sites excluding steroid dienone is 1. The molecule has 0 unspecified atom stereocenters. The number of carbonyl (C=O) groups is 1. The van der Waals surface area contributed by atoms with Gasteiger partial charge in [0.2, 0.25) is 0 Å². The van der Waals surface area contributed by atoms with Gasteiger partial charge in [-0.15, -0.1) is 0 Å². The first-order valence-electron chi connectivity index (χ1n) is 9.92. The highest BCUT2D eigenvalue weighted by Gasteiger charge is 2.39. The quantitative estimate of drug-likeness (QED) is 0.216. The number of rotatable bonds is 12. The average molecular weight is 461 g/mol. The van der Waals surface area contributed by atoms with Crippen LogP contribution in [0.5, 0.6) is 0 Å². The van der Waals surface area contributed by atoms with E-state index in [9.17, 15) is 4.79 Å². The van der Waals surface area contributed by atoms with Crippen molar-refractivity contribution in [2.75, 3.05) is 19.8 Å². The average Bonchev–Trinajstić information content (AvgIpc) is 2.61.